The van der Waals surface area contributed by atoms with Gasteiger partial charge in [0.1, 0.15) is 11.6 Å². The molecule has 0 aromatic carbocycles. The van der Waals surface area contributed by atoms with Crippen molar-refractivity contribution in [3.63, 3.8) is 0 Å². The van der Waals surface area contributed by atoms with E-state index in [1.807, 2.05) is 13.8 Å². The largest absolute Gasteiger partial charge is 0.377 e. The second kappa shape index (κ2) is 4.48. The molecule has 0 saturated carbocycles. The topological polar surface area (TPSA) is 39.2 Å². The quantitative estimate of drug-likeness (QED) is 0.738. The lowest BCUT2D eigenvalue weighted by Gasteiger charge is -1.94. The molecule has 72 valence electrons. The molecule has 0 atom stereocenters. The minimum Gasteiger partial charge on any atom is -0.377 e. The van der Waals surface area contributed by atoms with Gasteiger partial charge in [0, 0.05) is 12.0 Å². The Labute approximate surface area is 81.8 Å². The number of ether oxygens (including phenoxy) is 1. The Morgan fingerprint density at radius 2 is 2.23 bits per heavy atom. The van der Waals surface area contributed by atoms with Crippen LogP contribution in [0.1, 0.15) is 15.6 Å². The second-order valence-corrected chi connectivity index (χ2v) is 4.19. The van der Waals surface area contributed by atoms with Crippen LogP contribution < -0.4 is 0 Å². The Balaban J connectivity index is 2.59. The highest BCUT2D eigenvalue weighted by atomic mass is 32.1. The Morgan fingerprint density at radius 1 is 1.54 bits per heavy atom. The summed E-state index contributed by atoms with van der Waals surface area (Å²) in [6, 6.07) is 0. The number of nitrogens with zero attached hydrogens (tertiary/aromatic N) is 1. The van der Waals surface area contributed by atoms with E-state index in [-0.39, 0.29) is 12.4 Å². The zero-order chi connectivity index (χ0) is 9.84. The Hall–Kier alpha value is -0.740. The third kappa shape index (κ3) is 2.90. The first-order valence-electron chi connectivity index (χ1n) is 4.07. The van der Waals surface area contributed by atoms with E-state index in [9.17, 15) is 4.79 Å². The molecular formula is C9H13NO2S. The summed E-state index contributed by atoms with van der Waals surface area (Å²) in [5.41, 5.74) is 1.02. The molecule has 0 aliphatic carbocycles. The molecule has 0 saturated heterocycles. The van der Waals surface area contributed by atoms with E-state index in [0.717, 1.165) is 10.7 Å². The maximum absolute atomic E-state index is 11.2. The average Bonchev–Trinajstić information content (AvgIpc) is 2.31. The Kier molecular flexibility index (Phi) is 3.57. The molecule has 4 heteroatoms. The first-order chi connectivity index (χ1) is 6.13. The van der Waals surface area contributed by atoms with E-state index < -0.39 is 0 Å². The van der Waals surface area contributed by atoms with Crippen molar-refractivity contribution in [2.45, 2.75) is 20.3 Å². The van der Waals surface area contributed by atoms with Gasteiger partial charge in [0.15, 0.2) is 5.78 Å². The highest BCUT2D eigenvalue weighted by Gasteiger charge is 2.08. The van der Waals surface area contributed by atoms with E-state index in [1.165, 1.54) is 12.0 Å². The summed E-state index contributed by atoms with van der Waals surface area (Å²) in [7, 11) is 1.52. The van der Waals surface area contributed by atoms with Crippen LogP contribution in [0.15, 0.2) is 0 Å². The van der Waals surface area contributed by atoms with Gasteiger partial charge in [0.2, 0.25) is 0 Å². The van der Waals surface area contributed by atoms with Gasteiger partial charge >= 0.3 is 0 Å². The Morgan fingerprint density at radius 3 is 2.69 bits per heavy atom. The summed E-state index contributed by atoms with van der Waals surface area (Å²) in [6.45, 7) is 4.14. The molecule has 1 aromatic rings. The number of Topliss-reactive ketones (excluding diaryl/α,β-unsaturated/α-hetero) is 1. The maximum Gasteiger partial charge on any atom is 0.165 e. The number of carbonyl (C=O) groups excluding carboxylic acids is 1. The van der Waals surface area contributed by atoms with Gasteiger partial charge in [-0.3, -0.25) is 4.79 Å². The SMILES string of the molecule is COCC(=O)Cc1nc(C)c(C)s1. The predicted octanol–water partition coefficient (Wildman–Crippen LogP) is 1.52. The summed E-state index contributed by atoms with van der Waals surface area (Å²) in [4.78, 5) is 16.6. The van der Waals surface area contributed by atoms with Gasteiger partial charge in [-0.15, -0.1) is 11.3 Å². The lowest BCUT2D eigenvalue weighted by molar-refractivity contribution is -0.121. The lowest BCUT2D eigenvalue weighted by atomic mass is 10.3. The minimum absolute atomic E-state index is 0.0799. The van der Waals surface area contributed by atoms with Gasteiger partial charge in [0.25, 0.3) is 0 Å². The smallest absolute Gasteiger partial charge is 0.165 e. The van der Waals surface area contributed by atoms with Crippen LogP contribution in [0.2, 0.25) is 0 Å². The molecule has 0 fully saturated rings. The third-order valence-electron chi connectivity index (χ3n) is 1.73. The van der Waals surface area contributed by atoms with Gasteiger partial charge in [-0.25, -0.2) is 4.98 Å². The van der Waals surface area contributed by atoms with Crippen molar-refractivity contribution < 1.29 is 9.53 Å². The van der Waals surface area contributed by atoms with E-state index >= 15 is 0 Å². The van der Waals surface area contributed by atoms with Crippen LogP contribution in [0.3, 0.4) is 0 Å². The fourth-order valence-electron chi connectivity index (χ4n) is 0.995. The molecule has 13 heavy (non-hydrogen) atoms. The van der Waals surface area contributed by atoms with Crippen molar-refractivity contribution in [1.82, 2.24) is 4.98 Å². The van der Waals surface area contributed by atoms with Gasteiger partial charge in [-0.05, 0) is 13.8 Å². The summed E-state index contributed by atoms with van der Waals surface area (Å²) in [6.07, 6.45) is 0.396. The standard InChI is InChI=1S/C9H13NO2S/c1-6-7(2)13-9(10-6)4-8(11)5-12-3/h4-5H2,1-3H3. The lowest BCUT2D eigenvalue weighted by Crippen LogP contribution is -2.09. The number of carbonyl (C=O) groups is 1. The number of thiazole rings is 1. The summed E-state index contributed by atoms with van der Waals surface area (Å²) in [5, 5.41) is 0.886. The van der Waals surface area contributed by atoms with Crippen molar-refractivity contribution in [2.24, 2.45) is 0 Å². The predicted molar refractivity (Wildman–Crippen MR) is 52.2 cm³/mol. The highest BCUT2D eigenvalue weighted by Crippen LogP contribution is 2.16. The van der Waals surface area contributed by atoms with Crippen molar-refractivity contribution in [3.8, 4) is 0 Å². The van der Waals surface area contributed by atoms with Crippen LogP contribution in [0.5, 0.6) is 0 Å². The summed E-state index contributed by atoms with van der Waals surface area (Å²) < 4.78 is 4.74. The normalized spacial score (nSPS) is 10.4. The van der Waals surface area contributed by atoms with Crippen LogP contribution in [0.4, 0.5) is 0 Å². The zero-order valence-corrected chi connectivity index (χ0v) is 8.90. The minimum atomic E-state index is 0.0799. The molecule has 1 heterocycles. The Bertz CT molecular complexity index is 287. The number of hydrogen-bond acceptors (Lipinski definition) is 4. The number of ketones is 1. The first kappa shape index (κ1) is 10.3. The van der Waals surface area contributed by atoms with E-state index in [1.54, 1.807) is 11.3 Å². The fourth-order valence-corrected chi connectivity index (χ4v) is 1.96. The molecule has 0 amide bonds. The van der Waals surface area contributed by atoms with Gasteiger partial charge in [-0.2, -0.15) is 0 Å². The van der Waals surface area contributed by atoms with Gasteiger partial charge in [-0.1, -0.05) is 0 Å². The van der Waals surface area contributed by atoms with Crippen molar-refractivity contribution in [2.75, 3.05) is 13.7 Å². The third-order valence-corrected chi connectivity index (χ3v) is 2.80. The fraction of sp³-hybridized carbons (Fsp3) is 0.556. The zero-order valence-electron chi connectivity index (χ0n) is 8.09. The van der Waals surface area contributed by atoms with Crippen LogP contribution in [0, 0.1) is 13.8 Å². The molecule has 0 N–H and O–H groups in total. The molecule has 3 nitrogen and oxygen atoms in total. The van der Waals surface area contributed by atoms with Gasteiger partial charge in [0.05, 0.1) is 12.1 Å². The molecule has 0 aliphatic heterocycles. The molecule has 1 rings (SSSR count). The highest BCUT2D eigenvalue weighted by molar-refractivity contribution is 7.11. The monoisotopic (exact) mass is 199 g/mol. The van der Waals surface area contributed by atoms with E-state index in [0.29, 0.717) is 6.42 Å². The number of methoxy groups -OCH3 is 1. The summed E-state index contributed by atoms with van der Waals surface area (Å²) >= 11 is 1.58. The number of aromatic nitrogens is 1. The number of aryl methyl sites for hydroxylation is 2. The van der Waals surface area contributed by atoms with E-state index in [4.69, 9.17) is 4.74 Å². The molecule has 1 aromatic heterocycles. The van der Waals surface area contributed by atoms with Crippen molar-refractivity contribution >= 4 is 17.1 Å². The van der Waals surface area contributed by atoms with E-state index in [2.05, 4.69) is 4.98 Å². The van der Waals surface area contributed by atoms with Crippen LogP contribution in [0.25, 0.3) is 0 Å². The van der Waals surface area contributed by atoms with Crippen molar-refractivity contribution in [1.29, 1.82) is 0 Å². The molecule has 0 radical (unpaired) electrons. The van der Waals surface area contributed by atoms with Crippen molar-refractivity contribution in [3.05, 3.63) is 15.6 Å². The summed E-state index contributed by atoms with van der Waals surface area (Å²) in [5.74, 6) is 0.0799. The van der Waals surface area contributed by atoms with Crippen LogP contribution in [-0.4, -0.2) is 24.5 Å². The van der Waals surface area contributed by atoms with Gasteiger partial charge < -0.3 is 4.74 Å². The van der Waals surface area contributed by atoms with Crippen LogP contribution in [-0.2, 0) is 16.0 Å². The number of rotatable bonds is 4. The first-order valence-corrected chi connectivity index (χ1v) is 4.88. The molecular weight excluding hydrogens is 186 g/mol. The van der Waals surface area contributed by atoms with Crippen LogP contribution >= 0.6 is 11.3 Å². The average molecular weight is 199 g/mol. The molecule has 0 spiro atoms. The second-order valence-electron chi connectivity index (χ2n) is 2.90. The maximum atomic E-state index is 11.2. The molecule has 0 unspecified atom stereocenters. The number of hydrogen-bond donors (Lipinski definition) is 0. The molecule has 0 bridgehead atoms. The molecule has 0 aliphatic rings.